The van der Waals surface area contributed by atoms with Crippen molar-refractivity contribution in [2.75, 3.05) is 23.3 Å². The first kappa shape index (κ1) is 17.3. The van der Waals surface area contributed by atoms with Gasteiger partial charge in [-0.1, -0.05) is 0 Å². The molecule has 1 aromatic heterocycles. The Morgan fingerprint density at radius 2 is 1.88 bits per heavy atom. The van der Waals surface area contributed by atoms with Gasteiger partial charge in [-0.2, -0.15) is 0 Å². The topological polar surface area (TPSA) is 110 Å². The van der Waals surface area contributed by atoms with Crippen LogP contribution in [0.4, 0.5) is 11.6 Å². The van der Waals surface area contributed by atoms with Crippen LogP contribution < -0.4 is 10.0 Å². The van der Waals surface area contributed by atoms with E-state index in [1.54, 1.807) is 13.0 Å². The SMILES string of the molecule is Cc1ccnc(NS(=O)(=O)c2ccc(NC(=O)C3(C)COC3)cc2)n1. The number of nitrogens with zero attached hydrogens (tertiary/aromatic N) is 2. The normalized spacial score (nSPS) is 15.9. The molecule has 1 amide bonds. The number of aryl methyl sites for hydroxylation is 1. The van der Waals surface area contributed by atoms with Gasteiger partial charge in [0.05, 0.1) is 23.5 Å². The Morgan fingerprint density at radius 1 is 1.20 bits per heavy atom. The summed E-state index contributed by atoms with van der Waals surface area (Å²) in [4.78, 5) is 20.1. The fourth-order valence-electron chi connectivity index (χ4n) is 2.22. The second kappa shape index (κ2) is 6.41. The summed E-state index contributed by atoms with van der Waals surface area (Å²) in [5, 5.41) is 2.76. The highest BCUT2D eigenvalue weighted by Gasteiger charge is 2.41. The molecule has 132 valence electrons. The Balaban J connectivity index is 1.71. The number of aromatic nitrogens is 2. The van der Waals surface area contributed by atoms with Crippen LogP contribution in [0.3, 0.4) is 0 Å². The summed E-state index contributed by atoms with van der Waals surface area (Å²) in [6, 6.07) is 7.56. The van der Waals surface area contributed by atoms with Crippen molar-refractivity contribution >= 4 is 27.6 Å². The van der Waals surface area contributed by atoms with Crippen LogP contribution in [0.2, 0.25) is 0 Å². The summed E-state index contributed by atoms with van der Waals surface area (Å²) in [6.45, 7) is 4.32. The number of sulfonamides is 1. The molecule has 2 heterocycles. The quantitative estimate of drug-likeness (QED) is 0.835. The fourth-order valence-corrected chi connectivity index (χ4v) is 3.17. The van der Waals surface area contributed by atoms with Crippen LogP contribution in [0.25, 0.3) is 0 Å². The van der Waals surface area contributed by atoms with Gasteiger partial charge >= 0.3 is 0 Å². The minimum Gasteiger partial charge on any atom is -0.379 e. The van der Waals surface area contributed by atoms with E-state index in [0.29, 0.717) is 24.6 Å². The second-order valence-corrected chi connectivity index (χ2v) is 7.84. The van der Waals surface area contributed by atoms with Gasteiger partial charge in [-0.25, -0.2) is 23.1 Å². The van der Waals surface area contributed by atoms with E-state index < -0.39 is 15.4 Å². The summed E-state index contributed by atoms with van der Waals surface area (Å²) in [5.74, 6) is -0.143. The van der Waals surface area contributed by atoms with Crippen LogP contribution in [0.15, 0.2) is 41.4 Å². The maximum Gasteiger partial charge on any atom is 0.264 e. The van der Waals surface area contributed by atoms with Gasteiger partial charge in [0.25, 0.3) is 10.0 Å². The molecule has 3 rings (SSSR count). The van der Waals surface area contributed by atoms with Crippen molar-refractivity contribution in [3.63, 3.8) is 0 Å². The number of carbonyl (C=O) groups excluding carboxylic acids is 1. The summed E-state index contributed by atoms with van der Waals surface area (Å²) < 4.78 is 32.1. The molecule has 0 radical (unpaired) electrons. The summed E-state index contributed by atoms with van der Waals surface area (Å²) in [5.41, 5.74) is 0.637. The van der Waals surface area contributed by atoms with Crippen LogP contribution >= 0.6 is 0 Å². The lowest BCUT2D eigenvalue weighted by molar-refractivity contribution is -0.151. The molecule has 0 bridgehead atoms. The van der Waals surface area contributed by atoms with Gasteiger partial charge in [-0.3, -0.25) is 4.79 Å². The molecule has 0 atom stereocenters. The minimum atomic E-state index is -3.80. The van der Waals surface area contributed by atoms with E-state index in [1.165, 1.54) is 30.5 Å². The van der Waals surface area contributed by atoms with Gasteiger partial charge in [0.2, 0.25) is 11.9 Å². The van der Waals surface area contributed by atoms with Gasteiger partial charge in [0, 0.05) is 17.6 Å². The standard InChI is InChI=1S/C16H18N4O4S/c1-11-7-8-17-15(18-11)20-25(22,23)13-5-3-12(4-6-13)19-14(21)16(2)9-24-10-16/h3-8H,9-10H2,1-2H3,(H,19,21)(H,17,18,20). The van der Waals surface area contributed by atoms with E-state index in [9.17, 15) is 13.2 Å². The highest BCUT2D eigenvalue weighted by atomic mass is 32.2. The third kappa shape index (κ3) is 3.77. The molecule has 2 aromatic rings. The van der Waals surface area contributed by atoms with E-state index in [4.69, 9.17) is 4.74 Å². The van der Waals surface area contributed by atoms with Crippen molar-refractivity contribution in [1.29, 1.82) is 0 Å². The van der Waals surface area contributed by atoms with E-state index >= 15 is 0 Å². The van der Waals surface area contributed by atoms with Crippen molar-refractivity contribution < 1.29 is 17.9 Å². The Hall–Kier alpha value is -2.52. The molecule has 25 heavy (non-hydrogen) atoms. The number of amides is 1. The molecule has 8 nitrogen and oxygen atoms in total. The first-order valence-corrected chi connectivity index (χ1v) is 9.09. The Bertz CT molecular complexity index is 893. The van der Waals surface area contributed by atoms with Crippen LogP contribution in [-0.4, -0.2) is 37.5 Å². The first-order chi connectivity index (χ1) is 11.8. The zero-order chi connectivity index (χ0) is 18.1. The summed E-state index contributed by atoms with van der Waals surface area (Å²) in [6.07, 6.45) is 1.48. The summed E-state index contributed by atoms with van der Waals surface area (Å²) >= 11 is 0. The number of ether oxygens (including phenoxy) is 1. The number of rotatable bonds is 5. The van der Waals surface area contributed by atoms with E-state index in [-0.39, 0.29) is 16.8 Å². The monoisotopic (exact) mass is 362 g/mol. The zero-order valence-corrected chi connectivity index (χ0v) is 14.6. The average molecular weight is 362 g/mol. The molecule has 2 N–H and O–H groups in total. The van der Waals surface area contributed by atoms with Gasteiger partial charge < -0.3 is 10.1 Å². The lowest BCUT2D eigenvalue weighted by Crippen LogP contribution is -2.49. The molecule has 0 spiro atoms. The van der Waals surface area contributed by atoms with E-state index in [1.807, 2.05) is 6.92 Å². The van der Waals surface area contributed by atoms with Crippen LogP contribution in [0.1, 0.15) is 12.6 Å². The highest BCUT2D eigenvalue weighted by Crippen LogP contribution is 2.28. The van der Waals surface area contributed by atoms with Gasteiger partial charge in [-0.15, -0.1) is 0 Å². The van der Waals surface area contributed by atoms with Crippen LogP contribution in [-0.2, 0) is 19.6 Å². The summed E-state index contributed by atoms with van der Waals surface area (Å²) in [7, 11) is -3.80. The maximum atomic E-state index is 12.4. The number of hydrogen-bond donors (Lipinski definition) is 2. The predicted octanol–water partition coefficient (Wildman–Crippen LogP) is 1.56. The maximum absolute atomic E-state index is 12.4. The van der Waals surface area contributed by atoms with Crippen molar-refractivity contribution in [3.05, 3.63) is 42.2 Å². The molecule has 1 fully saturated rings. The largest absolute Gasteiger partial charge is 0.379 e. The Morgan fingerprint density at radius 3 is 2.44 bits per heavy atom. The molecule has 9 heteroatoms. The second-order valence-electron chi connectivity index (χ2n) is 6.16. The van der Waals surface area contributed by atoms with Gasteiger partial charge in [-0.05, 0) is 44.2 Å². The number of nitrogens with one attached hydrogen (secondary N) is 2. The van der Waals surface area contributed by atoms with E-state index in [2.05, 4.69) is 20.0 Å². The molecular formula is C16H18N4O4S. The Labute approximate surface area is 145 Å². The van der Waals surface area contributed by atoms with Gasteiger partial charge in [0.1, 0.15) is 0 Å². The molecule has 1 aliphatic rings. The van der Waals surface area contributed by atoms with Crippen molar-refractivity contribution in [1.82, 2.24) is 9.97 Å². The highest BCUT2D eigenvalue weighted by molar-refractivity contribution is 7.92. The van der Waals surface area contributed by atoms with Crippen molar-refractivity contribution in [2.24, 2.45) is 5.41 Å². The molecular weight excluding hydrogens is 344 g/mol. The molecule has 0 unspecified atom stereocenters. The minimum absolute atomic E-state index is 0.00953. The molecule has 0 saturated carbocycles. The average Bonchev–Trinajstić information content (AvgIpc) is 2.52. The molecule has 1 saturated heterocycles. The smallest absolute Gasteiger partial charge is 0.264 e. The predicted molar refractivity (Wildman–Crippen MR) is 91.6 cm³/mol. The first-order valence-electron chi connectivity index (χ1n) is 7.60. The third-order valence-corrected chi connectivity index (χ3v) is 5.18. The van der Waals surface area contributed by atoms with E-state index in [0.717, 1.165) is 0 Å². The number of benzene rings is 1. The van der Waals surface area contributed by atoms with Gasteiger partial charge in [0.15, 0.2) is 0 Å². The third-order valence-electron chi connectivity index (χ3n) is 3.83. The molecule has 1 aliphatic heterocycles. The molecule has 0 aliphatic carbocycles. The lowest BCUT2D eigenvalue weighted by Gasteiger charge is -2.36. The molecule has 1 aromatic carbocycles. The van der Waals surface area contributed by atoms with Crippen LogP contribution in [0.5, 0.6) is 0 Å². The number of hydrogen-bond acceptors (Lipinski definition) is 6. The fraction of sp³-hybridized carbons (Fsp3) is 0.312. The number of anilines is 2. The van der Waals surface area contributed by atoms with Crippen molar-refractivity contribution in [2.45, 2.75) is 18.7 Å². The zero-order valence-electron chi connectivity index (χ0n) is 13.8. The number of carbonyl (C=O) groups is 1. The Kier molecular flexibility index (Phi) is 4.44. The van der Waals surface area contributed by atoms with Crippen molar-refractivity contribution in [3.8, 4) is 0 Å². The lowest BCUT2D eigenvalue weighted by atomic mass is 9.87. The van der Waals surface area contributed by atoms with Crippen LogP contribution in [0, 0.1) is 12.3 Å².